The number of fused-ring (bicyclic) bond motifs is 1. The Labute approximate surface area is 249 Å². The maximum atomic E-state index is 13.8. The van der Waals surface area contributed by atoms with Gasteiger partial charge in [0.15, 0.2) is 0 Å². The third kappa shape index (κ3) is 7.42. The van der Waals surface area contributed by atoms with E-state index in [4.69, 9.17) is 0 Å². The molecule has 0 saturated heterocycles. The number of benzene rings is 3. The lowest BCUT2D eigenvalue weighted by molar-refractivity contribution is -0.141. The molecule has 0 spiro atoms. The van der Waals surface area contributed by atoms with Gasteiger partial charge in [0.2, 0.25) is 11.8 Å². The topological polar surface area (TPSA) is 104 Å². The summed E-state index contributed by atoms with van der Waals surface area (Å²) in [5.41, 5.74) is 1.89. The molecular weight excluding hydrogens is 606 g/mol. The summed E-state index contributed by atoms with van der Waals surface area (Å²) in [6.45, 7) is 4.54. The van der Waals surface area contributed by atoms with E-state index in [1.165, 1.54) is 12.1 Å². The van der Waals surface area contributed by atoms with E-state index in [-0.39, 0.29) is 54.1 Å². The van der Waals surface area contributed by atoms with Crippen molar-refractivity contribution in [2.75, 3.05) is 13.1 Å². The van der Waals surface area contributed by atoms with Crippen LogP contribution in [0.15, 0.2) is 88.2 Å². The summed E-state index contributed by atoms with van der Waals surface area (Å²) >= 11 is 3.48. The molecule has 41 heavy (non-hydrogen) atoms. The molecule has 3 aromatic rings. The van der Waals surface area contributed by atoms with E-state index in [1.807, 2.05) is 68.4 Å². The molecule has 1 aliphatic rings. The fourth-order valence-corrected chi connectivity index (χ4v) is 6.83. The minimum atomic E-state index is -3.96. The van der Waals surface area contributed by atoms with Gasteiger partial charge in [0.1, 0.15) is 10.9 Å². The van der Waals surface area contributed by atoms with Crippen LogP contribution in [0, 0.1) is 5.92 Å². The third-order valence-electron chi connectivity index (χ3n) is 6.86. The summed E-state index contributed by atoms with van der Waals surface area (Å²) in [6.07, 6.45) is 0.406. The van der Waals surface area contributed by atoms with E-state index in [0.29, 0.717) is 13.0 Å². The Morgan fingerprint density at radius 2 is 1.63 bits per heavy atom. The second kappa shape index (κ2) is 13.4. The van der Waals surface area contributed by atoms with Crippen LogP contribution >= 0.6 is 15.9 Å². The Hall–Kier alpha value is -3.50. The number of hydrogen-bond acceptors (Lipinski definition) is 5. The van der Waals surface area contributed by atoms with Crippen LogP contribution in [-0.2, 0) is 32.6 Å². The molecule has 216 valence electrons. The van der Waals surface area contributed by atoms with Gasteiger partial charge < -0.3 is 10.2 Å². The lowest BCUT2D eigenvalue weighted by atomic mass is 10.0. The maximum Gasteiger partial charge on any atom is 0.269 e. The largest absolute Gasteiger partial charge is 0.354 e. The molecule has 1 heterocycles. The van der Waals surface area contributed by atoms with Crippen LogP contribution in [-0.4, -0.2) is 54.5 Å². The molecule has 0 bridgehead atoms. The van der Waals surface area contributed by atoms with Crippen LogP contribution in [0.3, 0.4) is 0 Å². The lowest BCUT2D eigenvalue weighted by Crippen LogP contribution is -2.51. The van der Waals surface area contributed by atoms with E-state index >= 15 is 0 Å². The van der Waals surface area contributed by atoms with Gasteiger partial charge in [-0.15, -0.1) is 0 Å². The van der Waals surface area contributed by atoms with Crippen LogP contribution in [0.1, 0.15) is 48.2 Å². The molecule has 0 aliphatic carbocycles. The molecule has 1 aliphatic heterocycles. The third-order valence-corrected chi connectivity index (χ3v) is 9.20. The molecule has 0 saturated carbocycles. The number of halogens is 1. The van der Waals surface area contributed by atoms with Crippen molar-refractivity contribution in [3.63, 3.8) is 0 Å². The number of nitrogens with zero attached hydrogens (tertiary/aromatic N) is 2. The van der Waals surface area contributed by atoms with Gasteiger partial charge >= 0.3 is 0 Å². The van der Waals surface area contributed by atoms with Crippen molar-refractivity contribution in [1.82, 2.24) is 14.5 Å². The van der Waals surface area contributed by atoms with Gasteiger partial charge in [-0.05, 0) is 47.7 Å². The molecule has 0 aromatic heterocycles. The molecule has 3 amide bonds. The van der Waals surface area contributed by atoms with E-state index in [2.05, 4.69) is 21.2 Å². The number of nitrogens with one attached hydrogen (secondary N) is 1. The minimum Gasteiger partial charge on any atom is -0.354 e. The summed E-state index contributed by atoms with van der Waals surface area (Å²) in [6, 6.07) is 22.4. The van der Waals surface area contributed by atoms with Gasteiger partial charge in [-0.25, -0.2) is 12.7 Å². The number of sulfonamides is 1. The highest BCUT2D eigenvalue weighted by Crippen LogP contribution is 2.30. The molecule has 1 atom stereocenters. The first-order valence-corrected chi connectivity index (χ1v) is 15.8. The minimum absolute atomic E-state index is 0.0163. The summed E-state index contributed by atoms with van der Waals surface area (Å²) < 4.78 is 27.6. The van der Waals surface area contributed by atoms with E-state index in [0.717, 1.165) is 19.9 Å². The fraction of sp³-hybridized carbons (Fsp3) is 0.323. The predicted octanol–water partition coefficient (Wildman–Crippen LogP) is 4.79. The first-order valence-electron chi connectivity index (χ1n) is 13.6. The van der Waals surface area contributed by atoms with Gasteiger partial charge in [0.05, 0.1) is 5.56 Å². The molecular formula is C31H34BrN3O5S. The van der Waals surface area contributed by atoms with E-state index in [9.17, 15) is 22.8 Å². The normalized spacial score (nSPS) is 14.5. The number of carbonyl (C=O) groups excluding carboxylic acids is 3. The van der Waals surface area contributed by atoms with Crippen molar-refractivity contribution in [1.29, 1.82) is 0 Å². The first-order chi connectivity index (χ1) is 19.6. The number of amides is 3. The summed E-state index contributed by atoms with van der Waals surface area (Å²) in [4.78, 5) is 41.7. The SMILES string of the molecule is CC(C)CNC(=O)C(Cc1ccccc1)N(Cc1cccc(Br)c1)C(=O)CCCN1C(=O)c2ccccc2S1(=O)=O. The Morgan fingerprint density at radius 1 is 0.951 bits per heavy atom. The first kappa shape index (κ1) is 30.5. The quantitative estimate of drug-likeness (QED) is 0.307. The standard InChI is InChI=1S/C31H34BrN3O5S/c1-22(2)20-33-30(37)27(19-23-10-4-3-5-11-23)34(21-24-12-8-13-25(32)18-24)29(36)16-9-17-35-31(38)26-14-6-7-15-28(26)41(35,39)40/h3-8,10-15,18,22,27H,9,16-17,19-21H2,1-2H3,(H,33,37). The zero-order valence-corrected chi connectivity index (χ0v) is 25.5. The molecule has 10 heteroatoms. The highest BCUT2D eigenvalue weighted by atomic mass is 79.9. The van der Waals surface area contributed by atoms with E-state index in [1.54, 1.807) is 17.0 Å². The van der Waals surface area contributed by atoms with Crippen LogP contribution in [0.4, 0.5) is 0 Å². The molecule has 4 rings (SSSR count). The van der Waals surface area contributed by atoms with Gasteiger partial charge in [-0.2, -0.15) is 0 Å². The molecule has 0 radical (unpaired) electrons. The Balaban J connectivity index is 1.56. The van der Waals surface area contributed by atoms with E-state index < -0.39 is 22.0 Å². The van der Waals surface area contributed by atoms with Crippen LogP contribution in [0.25, 0.3) is 0 Å². The Kier molecular flexibility index (Phi) is 9.99. The molecule has 0 fully saturated rings. The summed E-state index contributed by atoms with van der Waals surface area (Å²) in [7, 11) is -3.96. The molecule has 1 unspecified atom stereocenters. The maximum absolute atomic E-state index is 13.8. The summed E-state index contributed by atoms with van der Waals surface area (Å²) in [5.74, 6) is -0.908. The Morgan fingerprint density at radius 3 is 2.32 bits per heavy atom. The van der Waals surface area contributed by atoms with Gasteiger partial charge in [0, 0.05) is 36.9 Å². The molecule has 3 aromatic carbocycles. The van der Waals surface area contributed by atoms with Crippen molar-refractivity contribution in [2.45, 2.75) is 50.6 Å². The smallest absolute Gasteiger partial charge is 0.269 e. The van der Waals surface area contributed by atoms with Crippen molar-refractivity contribution in [3.8, 4) is 0 Å². The molecule has 8 nitrogen and oxygen atoms in total. The van der Waals surface area contributed by atoms with Crippen molar-refractivity contribution >= 4 is 43.7 Å². The highest BCUT2D eigenvalue weighted by Gasteiger charge is 2.40. The number of hydrogen-bond donors (Lipinski definition) is 1. The average Bonchev–Trinajstić information content (AvgIpc) is 3.14. The van der Waals surface area contributed by atoms with Crippen molar-refractivity contribution in [2.24, 2.45) is 5.92 Å². The number of carbonyl (C=O) groups is 3. The van der Waals surface area contributed by atoms with Crippen LogP contribution in [0.5, 0.6) is 0 Å². The van der Waals surface area contributed by atoms with Crippen LogP contribution in [0.2, 0.25) is 0 Å². The Bertz CT molecular complexity index is 1510. The lowest BCUT2D eigenvalue weighted by Gasteiger charge is -2.32. The van der Waals surface area contributed by atoms with Gasteiger partial charge in [0.25, 0.3) is 15.9 Å². The van der Waals surface area contributed by atoms with Crippen LogP contribution < -0.4 is 5.32 Å². The van der Waals surface area contributed by atoms with Gasteiger partial charge in [-0.3, -0.25) is 14.4 Å². The second-order valence-corrected chi connectivity index (χ2v) is 13.2. The zero-order chi connectivity index (χ0) is 29.6. The predicted molar refractivity (Wildman–Crippen MR) is 160 cm³/mol. The van der Waals surface area contributed by atoms with Gasteiger partial charge in [-0.1, -0.05) is 84.4 Å². The zero-order valence-electron chi connectivity index (χ0n) is 23.1. The second-order valence-electron chi connectivity index (χ2n) is 10.5. The average molecular weight is 641 g/mol. The molecule has 1 N–H and O–H groups in total. The fourth-order valence-electron chi connectivity index (χ4n) is 4.78. The van der Waals surface area contributed by atoms with Crippen molar-refractivity contribution in [3.05, 3.63) is 100 Å². The monoisotopic (exact) mass is 639 g/mol. The van der Waals surface area contributed by atoms with Crippen molar-refractivity contribution < 1.29 is 22.8 Å². The number of rotatable bonds is 12. The highest BCUT2D eigenvalue weighted by molar-refractivity contribution is 9.10. The summed E-state index contributed by atoms with van der Waals surface area (Å²) in [5, 5.41) is 2.99.